The molecule has 0 saturated carbocycles. The molecule has 1 saturated heterocycles. The van der Waals surface area contributed by atoms with Gasteiger partial charge in [-0.3, -0.25) is 9.69 Å². The number of amides is 1. The fraction of sp³-hybridized carbons (Fsp3) is 0.250. The zero-order valence-corrected chi connectivity index (χ0v) is 15.8. The van der Waals surface area contributed by atoms with Gasteiger partial charge in [-0.1, -0.05) is 35.3 Å². The molecule has 2 aromatic carbocycles. The molecule has 26 heavy (non-hydrogen) atoms. The molecule has 1 heterocycles. The van der Waals surface area contributed by atoms with Crippen molar-refractivity contribution < 1.29 is 9.53 Å². The van der Waals surface area contributed by atoms with Gasteiger partial charge in [0.25, 0.3) is 0 Å². The fourth-order valence-corrected chi connectivity index (χ4v) is 3.12. The highest BCUT2D eigenvalue weighted by Crippen LogP contribution is 2.22. The van der Waals surface area contributed by atoms with Gasteiger partial charge in [0.2, 0.25) is 5.91 Å². The molecule has 4 nitrogen and oxygen atoms in total. The number of hydrogen-bond acceptors (Lipinski definition) is 3. The number of ether oxygens (including phenoxy) is 1. The number of nitrogens with one attached hydrogen (secondary N) is 1. The SMILES string of the molecule is O=C(/C=C/c1cc(Cl)ccc1Cl)Nc1cccc(CN2CCOCC2)c1. The average molecular weight is 391 g/mol. The molecule has 0 unspecified atom stereocenters. The second-order valence-electron chi connectivity index (χ2n) is 6.08. The van der Waals surface area contributed by atoms with Crippen LogP contribution in [0.15, 0.2) is 48.5 Å². The average Bonchev–Trinajstić information content (AvgIpc) is 2.64. The molecule has 136 valence electrons. The summed E-state index contributed by atoms with van der Waals surface area (Å²) < 4.78 is 5.37. The van der Waals surface area contributed by atoms with Gasteiger partial charge in [0, 0.05) is 41.4 Å². The Balaban J connectivity index is 1.61. The van der Waals surface area contributed by atoms with E-state index in [1.807, 2.05) is 18.2 Å². The van der Waals surface area contributed by atoms with Crippen molar-refractivity contribution in [1.82, 2.24) is 4.90 Å². The maximum Gasteiger partial charge on any atom is 0.248 e. The van der Waals surface area contributed by atoms with E-state index < -0.39 is 0 Å². The van der Waals surface area contributed by atoms with Crippen molar-refractivity contribution in [1.29, 1.82) is 0 Å². The van der Waals surface area contributed by atoms with Crippen LogP contribution >= 0.6 is 23.2 Å². The molecular weight excluding hydrogens is 371 g/mol. The molecular formula is C20H20Cl2N2O2. The zero-order valence-electron chi connectivity index (χ0n) is 14.3. The lowest BCUT2D eigenvalue weighted by Gasteiger charge is -2.26. The molecule has 1 aliphatic heterocycles. The van der Waals surface area contributed by atoms with Crippen LogP contribution in [0.25, 0.3) is 6.08 Å². The second-order valence-corrected chi connectivity index (χ2v) is 6.92. The van der Waals surface area contributed by atoms with Gasteiger partial charge in [0.1, 0.15) is 0 Å². The standard InChI is InChI=1S/C20H20Cl2N2O2/c21-17-5-6-19(22)16(13-17)4-7-20(25)23-18-3-1-2-15(12-18)14-24-8-10-26-11-9-24/h1-7,12-13H,8-11,14H2,(H,23,25)/b7-4+. The first-order valence-electron chi connectivity index (χ1n) is 8.43. The van der Waals surface area contributed by atoms with E-state index >= 15 is 0 Å². The number of carbonyl (C=O) groups excluding carboxylic acids is 1. The van der Waals surface area contributed by atoms with Crippen molar-refractivity contribution in [3.05, 3.63) is 69.7 Å². The lowest BCUT2D eigenvalue weighted by atomic mass is 10.1. The third-order valence-electron chi connectivity index (χ3n) is 4.08. The van der Waals surface area contributed by atoms with E-state index in [9.17, 15) is 4.79 Å². The second kappa shape index (κ2) is 9.19. The molecule has 1 aliphatic rings. The third-order valence-corrected chi connectivity index (χ3v) is 4.66. The highest BCUT2D eigenvalue weighted by Gasteiger charge is 2.11. The Morgan fingerprint density at radius 2 is 1.96 bits per heavy atom. The Bertz CT molecular complexity index is 802. The molecule has 1 fully saturated rings. The summed E-state index contributed by atoms with van der Waals surface area (Å²) in [5.41, 5.74) is 2.63. The molecule has 6 heteroatoms. The van der Waals surface area contributed by atoms with Crippen molar-refractivity contribution >= 4 is 40.9 Å². The molecule has 0 spiro atoms. The van der Waals surface area contributed by atoms with Gasteiger partial charge in [-0.05, 0) is 47.5 Å². The summed E-state index contributed by atoms with van der Waals surface area (Å²) in [4.78, 5) is 14.5. The van der Waals surface area contributed by atoms with Gasteiger partial charge in [0.05, 0.1) is 13.2 Å². The number of hydrogen-bond donors (Lipinski definition) is 1. The number of halogens is 2. The first-order chi connectivity index (χ1) is 12.6. The predicted octanol–water partition coefficient (Wildman–Crippen LogP) is 4.48. The third kappa shape index (κ3) is 5.58. The summed E-state index contributed by atoms with van der Waals surface area (Å²) >= 11 is 12.1. The highest BCUT2D eigenvalue weighted by atomic mass is 35.5. The molecule has 1 amide bonds. The minimum Gasteiger partial charge on any atom is -0.379 e. The lowest BCUT2D eigenvalue weighted by Crippen LogP contribution is -2.35. The number of nitrogens with zero attached hydrogens (tertiary/aromatic N) is 1. The van der Waals surface area contributed by atoms with Crippen molar-refractivity contribution in [3.8, 4) is 0 Å². The van der Waals surface area contributed by atoms with E-state index in [1.54, 1.807) is 24.3 Å². The zero-order chi connectivity index (χ0) is 18.4. The number of carbonyl (C=O) groups is 1. The minimum atomic E-state index is -0.218. The van der Waals surface area contributed by atoms with Crippen LogP contribution in [0.5, 0.6) is 0 Å². The number of morpholine rings is 1. The molecule has 0 bridgehead atoms. The molecule has 2 aromatic rings. The maximum atomic E-state index is 12.2. The quantitative estimate of drug-likeness (QED) is 0.765. The van der Waals surface area contributed by atoms with Gasteiger partial charge in [-0.2, -0.15) is 0 Å². The van der Waals surface area contributed by atoms with Crippen LogP contribution in [0, 0.1) is 0 Å². The summed E-state index contributed by atoms with van der Waals surface area (Å²) in [6, 6.07) is 13.0. The van der Waals surface area contributed by atoms with Crippen LogP contribution in [0.4, 0.5) is 5.69 Å². The first kappa shape index (κ1) is 18.9. The Hall–Kier alpha value is -1.85. The summed E-state index contributed by atoms with van der Waals surface area (Å²) in [6.07, 6.45) is 3.10. The molecule has 0 atom stereocenters. The monoisotopic (exact) mass is 390 g/mol. The maximum absolute atomic E-state index is 12.2. The normalized spacial score (nSPS) is 15.3. The van der Waals surface area contributed by atoms with Crippen LogP contribution in [-0.4, -0.2) is 37.1 Å². The number of anilines is 1. The Morgan fingerprint density at radius 1 is 1.15 bits per heavy atom. The van der Waals surface area contributed by atoms with E-state index in [0.29, 0.717) is 15.6 Å². The van der Waals surface area contributed by atoms with E-state index in [4.69, 9.17) is 27.9 Å². The van der Waals surface area contributed by atoms with Crippen molar-refractivity contribution in [3.63, 3.8) is 0 Å². The van der Waals surface area contributed by atoms with Crippen LogP contribution in [-0.2, 0) is 16.1 Å². The van der Waals surface area contributed by atoms with Gasteiger partial charge in [-0.15, -0.1) is 0 Å². The van der Waals surface area contributed by atoms with Crippen molar-refractivity contribution in [2.45, 2.75) is 6.54 Å². The van der Waals surface area contributed by atoms with Gasteiger partial charge < -0.3 is 10.1 Å². The molecule has 3 rings (SSSR count). The minimum absolute atomic E-state index is 0.218. The van der Waals surface area contributed by atoms with Crippen LogP contribution in [0.2, 0.25) is 10.0 Å². The van der Waals surface area contributed by atoms with Crippen LogP contribution in [0.1, 0.15) is 11.1 Å². The van der Waals surface area contributed by atoms with E-state index in [0.717, 1.165) is 44.1 Å². The van der Waals surface area contributed by atoms with Gasteiger partial charge >= 0.3 is 0 Å². The Labute approximate surface area is 163 Å². The summed E-state index contributed by atoms with van der Waals surface area (Å²) in [7, 11) is 0. The molecule has 1 N–H and O–H groups in total. The largest absolute Gasteiger partial charge is 0.379 e. The van der Waals surface area contributed by atoms with Crippen LogP contribution < -0.4 is 5.32 Å². The van der Waals surface area contributed by atoms with Gasteiger partial charge in [0.15, 0.2) is 0 Å². The topological polar surface area (TPSA) is 41.6 Å². The number of rotatable bonds is 5. The summed E-state index contributed by atoms with van der Waals surface area (Å²) in [5.74, 6) is -0.218. The Kier molecular flexibility index (Phi) is 6.69. The van der Waals surface area contributed by atoms with Crippen molar-refractivity contribution in [2.75, 3.05) is 31.6 Å². The summed E-state index contributed by atoms with van der Waals surface area (Å²) in [6.45, 7) is 4.25. The molecule has 0 aromatic heterocycles. The molecule has 0 aliphatic carbocycles. The van der Waals surface area contributed by atoms with E-state index in [2.05, 4.69) is 16.3 Å². The highest BCUT2D eigenvalue weighted by molar-refractivity contribution is 6.34. The Morgan fingerprint density at radius 3 is 2.77 bits per heavy atom. The number of benzene rings is 2. The lowest BCUT2D eigenvalue weighted by molar-refractivity contribution is -0.111. The molecule has 0 radical (unpaired) electrons. The van der Waals surface area contributed by atoms with Crippen LogP contribution in [0.3, 0.4) is 0 Å². The van der Waals surface area contributed by atoms with E-state index in [1.165, 1.54) is 6.08 Å². The summed E-state index contributed by atoms with van der Waals surface area (Å²) in [5, 5.41) is 4.00. The van der Waals surface area contributed by atoms with Gasteiger partial charge in [-0.25, -0.2) is 0 Å². The van der Waals surface area contributed by atoms with E-state index in [-0.39, 0.29) is 5.91 Å². The smallest absolute Gasteiger partial charge is 0.248 e. The fourth-order valence-electron chi connectivity index (χ4n) is 2.76. The predicted molar refractivity (Wildman–Crippen MR) is 107 cm³/mol. The van der Waals surface area contributed by atoms with Crippen molar-refractivity contribution in [2.24, 2.45) is 0 Å². The first-order valence-corrected chi connectivity index (χ1v) is 9.19.